The molecule has 3 rings (SSSR count). The minimum Gasteiger partial charge on any atom is -0.324 e. The number of carbonyl (C=O) groups excluding carboxylic acids is 1. The Balaban J connectivity index is 2.10. The van der Waals surface area contributed by atoms with E-state index in [0.717, 1.165) is 5.92 Å². The van der Waals surface area contributed by atoms with Gasteiger partial charge in [-0.15, -0.1) is 4.39 Å². The molecule has 0 aromatic heterocycles. The maximum absolute atomic E-state index is 12.4. The Morgan fingerprint density at radius 3 is 2.14 bits per heavy atom. The first-order chi connectivity index (χ1) is 6.33. The van der Waals surface area contributed by atoms with E-state index in [2.05, 4.69) is 26.1 Å². The maximum atomic E-state index is 12.4. The smallest absolute Gasteiger partial charge is 0.324 e. The van der Waals surface area contributed by atoms with Crippen LogP contribution >= 0.6 is 0 Å². The summed E-state index contributed by atoms with van der Waals surface area (Å²) >= 11 is 0. The molecule has 1 N–H and O–H groups in total. The van der Waals surface area contributed by atoms with Gasteiger partial charge in [-0.05, 0) is 36.0 Å². The van der Waals surface area contributed by atoms with Gasteiger partial charge in [0, 0.05) is 6.04 Å². The zero-order valence-electron chi connectivity index (χ0n) is 9.06. The van der Waals surface area contributed by atoms with Crippen molar-refractivity contribution in [2.75, 3.05) is 0 Å². The lowest BCUT2D eigenvalue weighted by Crippen LogP contribution is -2.66. The molecule has 0 spiro atoms. The van der Waals surface area contributed by atoms with E-state index in [1.165, 1.54) is 19.3 Å². The summed E-state index contributed by atoms with van der Waals surface area (Å²) in [6, 6.07) is -0.00231. The van der Waals surface area contributed by atoms with Crippen molar-refractivity contribution in [3.8, 4) is 0 Å². The normalized spacial score (nSPS) is 36.7. The fourth-order valence-corrected chi connectivity index (χ4v) is 3.30. The van der Waals surface area contributed by atoms with Gasteiger partial charge in [0.2, 0.25) is 0 Å². The fourth-order valence-electron chi connectivity index (χ4n) is 3.30. The van der Waals surface area contributed by atoms with Gasteiger partial charge in [-0.3, -0.25) is 0 Å². The molecule has 80 valence electrons. The topological polar surface area (TPSA) is 29.1 Å². The molecule has 3 fully saturated rings. The molecule has 0 saturated heterocycles. The molecule has 3 heteroatoms. The van der Waals surface area contributed by atoms with Crippen molar-refractivity contribution in [2.24, 2.45) is 16.7 Å². The van der Waals surface area contributed by atoms with Crippen molar-refractivity contribution in [1.82, 2.24) is 5.32 Å². The average Bonchev–Trinajstić information content (AvgIpc) is 1.75. The van der Waals surface area contributed by atoms with Crippen molar-refractivity contribution in [3.05, 3.63) is 0 Å². The molecule has 0 radical (unpaired) electrons. The highest BCUT2D eigenvalue weighted by Crippen LogP contribution is 2.68. The monoisotopic (exact) mass is 199 g/mol. The number of hydrogen-bond acceptors (Lipinski definition) is 1. The predicted octanol–water partition coefficient (Wildman–Crippen LogP) is 2.88. The average molecular weight is 199 g/mol. The van der Waals surface area contributed by atoms with Crippen molar-refractivity contribution in [3.63, 3.8) is 0 Å². The van der Waals surface area contributed by atoms with Crippen molar-refractivity contribution >= 4 is 6.16 Å². The molecule has 1 amide bonds. The van der Waals surface area contributed by atoms with Crippen LogP contribution in [0.1, 0.15) is 40.0 Å². The Bertz CT molecular complexity index is 252. The van der Waals surface area contributed by atoms with E-state index in [4.69, 9.17) is 0 Å². The van der Waals surface area contributed by atoms with Crippen LogP contribution in [-0.2, 0) is 0 Å². The Hall–Kier alpha value is -0.600. The molecular formula is C11H18FNO. The molecule has 1 atom stereocenters. The quantitative estimate of drug-likeness (QED) is 0.537. The molecule has 3 aliphatic rings. The van der Waals surface area contributed by atoms with Gasteiger partial charge in [-0.25, -0.2) is 4.79 Å². The van der Waals surface area contributed by atoms with Gasteiger partial charge in [-0.2, -0.15) is 0 Å². The van der Waals surface area contributed by atoms with Crippen LogP contribution in [0.3, 0.4) is 0 Å². The lowest BCUT2D eigenvalue weighted by molar-refractivity contribution is -0.153. The van der Waals surface area contributed by atoms with E-state index in [-0.39, 0.29) is 16.9 Å². The van der Waals surface area contributed by atoms with Crippen molar-refractivity contribution in [1.29, 1.82) is 0 Å². The van der Waals surface area contributed by atoms with Crippen LogP contribution in [0.2, 0.25) is 0 Å². The summed E-state index contributed by atoms with van der Waals surface area (Å²) in [7, 11) is 0. The first-order valence-electron chi connectivity index (χ1n) is 5.29. The lowest BCUT2D eigenvalue weighted by atomic mass is 9.39. The molecule has 1 unspecified atom stereocenters. The number of hydrogen-bond donors (Lipinski definition) is 1. The molecule has 3 aliphatic carbocycles. The molecule has 0 aromatic carbocycles. The zero-order chi connectivity index (χ0) is 10.6. The number of amides is 1. The number of rotatable bonds is 2. The number of nitrogens with one attached hydrogen (secondary N) is 1. The molecule has 2 bridgehead atoms. The first-order valence-corrected chi connectivity index (χ1v) is 5.29. The van der Waals surface area contributed by atoms with Crippen LogP contribution in [0.4, 0.5) is 9.18 Å². The Kier molecular flexibility index (Phi) is 1.92. The van der Waals surface area contributed by atoms with Gasteiger partial charge in [0.1, 0.15) is 0 Å². The molecule has 0 aliphatic heterocycles. The van der Waals surface area contributed by atoms with E-state index in [9.17, 15) is 9.18 Å². The van der Waals surface area contributed by atoms with Crippen LogP contribution in [0.15, 0.2) is 0 Å². The second-order valence-electron chi connectivity index (χ2n) is 6.06. The lowest BCUT2D eigenvalue weighted by Gasteiger charge is -2.67. The third-order valence-corrected chi connectivity index (χ3v) is 3.82. The van der Waals surface area contributed by atoms with E-state index in [1.807, 2.05) is 0 Å². The first kappa shape index (κ1) is 9.94. The van der Waals surface area contributed by atoms with Crippen LogP contribution in [0.25, 0.3) is 0 Å². The summed E-state index contributed by atoms with van der Waals surface area (Å²) in [5.74, 6) is 0.858. The summed E-state index contributed by atoms with van der Waals surface area (Å²) < 4.78 is 12.4. The van der Waals surface area contributed by atoms with Crippen molar-refractivity contribution < 1.29 is 9.18 Å². The Morgan fingerprint density at radius 2 is 1.93 bits per heavy atom. The second kappa shape index (κ2) is 2.71. The maximum Gasteiger partial charge on any atom is 0.397 e. The molecule has 0 aromatic rings. The SMILES string of the molecule is CC(C)(C)C(NC(=O)F)C12CC(C1)C2. The number of carbonyl (C=O) groups is 1. The van der Waals surface area contributed by atoms with Gasteiger partial charge < -0.3 is 5.32 Å². The summed E-state index contributed by atoms with van der Waals surface area (Å²) in [6.07, 6.45) is 2.15. The van der Waals surface area contributed by atoms with Gasteiger partial charge in [0.05, 0.1) is 0 Å². The van der Waals surface area contributed by atoms with E-state index >= 15 is 0 Å². The van der Waals surface area contributed by atoms with Crippen LogP contribution in [0.5, 0.6) is 0 Å². The van der Waals surface area contributed by atoms with Gasteiger partial charge in [-0.1, -0.05) is 20.8 Å². The summed E-state index contributed by atoms with van der Waals surface area (Å²) in [4.78, 5) is 10.5. The third-order valence-electron chi connectivity index (χ3n) is 3.82. The van der Waals surface area contributed by atoms with E-state index in [1.54, 1.807) is 0 Å². The third kappa shape index (κ3) is 1.33. The van der Waals surface area contributed by atoms with Gasteiger partial charge >= 0.3 is 6.16 Å². The molecule has 14 heavy (non-hydrogen) atoms. The largest absolute Gasteiger partial charge is 0.397 e. The molecule has 3 saturated carbocycles. The summed E-state index contributed by atoms with van der Waals surface area (Å²) in [5, 5.41) is 2.49. The second-order valence-corrected chi connectivity index (χ2v) is 6.06. The Morgan fingerprint density at radius 1 is 1.43 bits per heavy atom. The van der Waals surface area contributed by atoms with Crippen LogP contribution in [0, 0.1) is 16.7 Å². The molecule has 0 heterocycles. The highest BCUT2D eigenvalue weighted by Gasteiger charge is 2.62. The van der Waals surface area contributed by atoms with Crippen LogP contribution < -0.4 is 5.32 Å². The zero-order valence-corrected chi connectivity index (χ0v) is 9.06. The van der Waals surface area contributed by atoms with E-state index in [0.29, 0.717) is 0 Å². The predicted molar refractivity (Wildman–Crippen MR) is 52.7 cm³/mol. The fraction of sp³-hybridized carbons (Fsp3) is 0.909. The molecular weight excluding hydrogens is 181 g/mol. The number of halogens is 1. The minimum absolute atomic E-state index is 0.00231. The summed E-state index contributed by atoms with van der Waals surface area (Å²) in [6.45, 7) is 6.19. The highest BCUT2D eigenvalue weighted by molar-refractivity contribution is 5.66. The summed E-state index contributed by atoms with van der Waals surface area (Å²) in [5.41, 5.74) is 0.178. The molecule has 2 nitrogen and oxygen atoms in total. The Labute approximate surface area is 84.3 Å². The standard InChI is InChI=1S/C11H18FNO/c1-10(2,3)8(13-9(12)14)11-4-7(5-11)6-11/h7-8H,4-6H2,1-3H3,(H,13,14). The van der Waals surface area contributed by atoms with E-state index < -0.39 is 6.16 Å². The van der Waals surface area contributed by atoms with Gasteiger partial charge in [0.25, 0.3) is 0 Å². The van der Waals surface area contributed by atoms with Crippen LogP contribution in [-0.4, -0.2) is 12.2 Å². The van der Waals surface area contributed by atoms with Gasteiger partial charge in [0.15, 0.2) is 0 Å². The van der Waals surface area contributed by atoms with Crippen molar-refractivity contribution in [2.45, 2.75) is 46.1 Å². The highest BCUT2D eigenvalue weighted by atomic mass is 19.1. The minimum atomic E-state index is -1.38.